The van der Waals surface area contributed by atoms with Crippen LogP contribution < -0.4 is 5.32 Å². The summed E-state index contributed by atoms with van der Waals surface area (Å²) < 4.78 is 0. The third-order valence-corrected chi connectivity index (χ3v) is 1.92. The second kappa shape index (κ2) is 2.01. The molecule has 0 bridgehead atoms. The minimum Gasteiger partial charge on any atom is -0.381 e. The Morgan fingerprint density at radius 1 is 1.50 bits per heavy atom. The molecule has 1 fully saturated rings. The zero-order chi connectivity index (χ0) is 6.97. The van der Waals surface area contributed by atoms with Crippen LogP contribution in [0.4, 0.5) is 0 Å². The molecule has 2 heterocycles. The molecule has 0 radical (unpaired) electrons. The van der Waals surface area contributed by atoms with Gasteiger partial charge in [0.25, 0.3) is 0 Å². The van der Waals surface area contributed by atoms with E-state index >= 15 is 0 Å². The van der Waals surface area contributed by atoms with Gasteiger partial charge in [0.05, 0.1) is 12.2 Å². The fourth-order valence-corrected chi connectivity index (χ4v) is 1.41. The molecule has 3 heteroatoms. The van der Waals surface area contributed by atoms with Gasteiger partial charge in [-0.05, 0) is 0 Å². The van der Waals surface area contributed by atoms with E-state index < -0.39 is 0 Å². The van der Waals surface area contributed by atoms with E-state index in [-0.39, 0.29) is 0 Å². The van der Waals surface area contributed by atoms with Crippen molar-refractivity contribution in [3.8, 4) is 0 Å². The molecule has 1 saturated heterocycles. The molecule has 0 spiro atoms. The Bertz CT molecular complexity index is 195. The summed E-state index contributed by atoms with van der Waals surface area (Å²) >= 11 is 0. The van der Waals surface area contributed by atoms with Crippen molar-refractivity contribution in [3.63, 3.8) is 0 Å². The summed E-state index contributed by atoms with van der Waals surface area (Å²) in [6.07, 6.45) is 0. The van der Waals surface area contributed by atoms with Crippen LogP contribution in [0.2, 0.25) is 0 Å². The molecule has 0 aliphatic carbocycles. The van der Waals surface area contributed by atoms with Crippen molar-refractivity contribution in [1.82, 2.24) is 10.2 Å². The Kier molecular flexibility index (Phi) is 1.16. The molecular formula is C7H11N3. The van der Waals surface area contributed by atoms with Gasteiger partial charge < -0.3 is 10.2 Å². The van der Waals surface area contributed by atoms with E-state index in [0.29, 0.717) is 0 Å². The molecule has 2 aliphatic rings. The first-order valence-corrected chi connectivity index (χ1v) is 3.60. The van der Waals surface area contributed by atoms with E-state index in [1.807, 2.05) is 0 Å². The summed E-state index contributed by atoms with van der Waals surface area (Å²) in [7, 11) is 0. The fourth-order valence-electron chi connectivity index (χ4n) is 1.41. The van der Waals surface area contributed by atoms with Crippen LogP contribution in [0.15, 0.2) is 17.3 Å². The van der Waals surface area contributed by atoms with E-state index in [2.05, 4.69) is 21.8 Å². The van der Waals surface area contributed by atoms with Gasteiger partial charge in [0.1, 0.15) is 5.84 Å². The number of nitrogens with zero attached hydrogens (tertiary/aromatic N) is 2. The summed E-state index contributed by atoms with van der Waals surface area (Å²) in [4.78, 5) is 6.60. The Balaban J connectivity index is 2.22. The van der Waals surface area contributed by atoms with Crippen LogP contribution in [-0.4, -0.2) is 36.9 Å². The maximum atomic E-state index is 4.32. The van der Waals surface area contributed by atoms with Gasteiger partial charge in [0, 0.05) is 19.6 Å². The van der Waals surface area contributed by atoms with Gasteiger partial charge >= 0.3 is 0 Å². The first-order valence-electron chi connectivity index (χ1n) is 3.60. The number of aliphatic imine (C=N–C) groups is 1. The molecule has 0 unspecified atom stereocenters. The van der Waals surface area contributed by atoms with Crippen LogP contribution in [0.5, 0.6) is 0 Å². The predicted octanol–water partition coefficient (Wildman–Crippen LogP) is -0.183. The van der Waals surface area contributed by atoms with Crippen molar-refractivity contribution >= 4 is 5.84 Å². The van der Waals surface area contributed by atoms with Crippen molar-refractivity contribution < 1.29 is 0 Å². The summed E-state index contributed by atoms with van der Waals surface area (Å²) in [5, 5.41) is 3.19. The normalized spacial score (nSPS) is 23.8. The highest BCUT2D eigenvalue weighted by Gasteiger charge is 2.22. The molecular weight excluding hydrogens is 126 g/mol. The lowest BCUT2D eigenvalue weighted by molar-refractivity contribution is 0.432. The van der Waals surface area contributed by atoms with Crippen LogP contribution in [0, 0.1) is 0 Å². The number of piperazine rings is 1. The van der Waals surface area contributed by atoms with E-state index in [0.717, 1.165) is 37.7 Å². The Morgan fingerprint density at radius 2 is 2.40 bits per heavy atom. The van der Waals surface area contributed by atoms with E-state index in [9.17, 15) is 0 Å². The average molecular weight is 137 g/mol. The average Bonchev–Trinajstić information content (AvgIpc) is 2.36. The lowest BCUT2D eigenvalue weighted by Crippen LogP contribution is -2.43. The molecule has 1 N–H and O–H groups in total. The Labute approximate surface area is 60.4 Å². The quantitative estimate of drug-likeness (QED) is 0.501. The molecule has 3 nitrogen and oxygen atoms in total. The molecule has 10 heavy (non-hydrogen) atoms. The van der Waals surface area contributed by atoms with Gasteiger partial charge in [-0.2, -0.15) is 0 Å². The largest absolute Gasteiger partial charge is 0.381 e. The lowest BCUT2D eigenvalue weighted by Gasteiger charge is -2.27. The Morgan fingerprint density at radius 3 is 3.20 bits per heavy atom. The SMILES string of the molecule is C=C1NCCN2CCN=C12. The highest BCUT2D eigenvalue weighted by molar-refractivity contribution is 5.98. The van der Waals surface area contributed by atoms with Crippen LogP contribution in [0.25, 0.3) is 0 Å². The summed E-state index contributed by atoms with van der Waals surface area (Å²) in [5.74, 6) is 1.08. The fraction of sp³-hybridized carbons (Fsp3) is 0.571. The number of hydrogen-bond acceptors (Lipinski definition) is 3. The number of nitrogens with one attached hydrogen (secondary N) is 1. The van der Waals surface area contributed by atoms with Crippen molar-refractivity contribution in [1.29, 1.82) is 0 Å². The number of rotatable bonds is 0. The van der Waals surface area contributed by atoms with Crippen LogP contribution in [0.1, 0.15) is 0 Å². The molecule has 0 aromatic carbocycles. The van der Waals surface area contributed by atoms with Crippen molar-refractivity contribution in [2.75, 3.05) is 26.2 Å². The van der Waals surface area contributed by atoms with Crippen LogP contribution in [0.3, 0.4) is 0 Å². The Hall–Kier alpha value is -0.990. The highest BCUT2D eigenvalue weighted by Crippen LogP contribution is 2.09. The molecule has 0 aromatic rings. The first-order chi connectivity index (χ1) is 4.88. The van der Waals surface area contributed by atoms with Gasteiger partial charge in [-0.3, -0.25) is 4.99 Å². The number of fused-ring (bicyclic) bond motifs is 1. The molecule has 0 amide bonds. The molecule has 0 aromatic heterocycles. The lowest BCUT2D eigenvalue weighted by atomic mass is 10.3. The molecule has 2 rings (SSSR count). The third-order valence-electron chi connectivity index (χ3n) is 1.92. The predicted molar refractivity (Wildman–Crippen MR) is 41.0 cm³/mol. The topological polar surface area (TPSA) is 27.6 Å². The van der Waals surface area contributed by atoms with Crippen molar-refractivity contribution in [3.05, 3.63) is 12.3 Å². The maximum absolute atomic E-state index is 4.32. The number of hydrogen-bond donors (Lipinski definition) is 1. The van der Waals surface area contributed by atoms with Gasteiger partial charge in [-0.25, -0.2) is 0 Å². The molecule has 54 valence electrons. The van der Waals surface area contributed by atoms with Gasteiger partial charge in [0.2, 0.25) is 0 Å². The summed E-state index contributed by atoms with van der Waals surface area (Å²) in [5.41, 5.74) is 0.990. The van der Waals surface area contributed by atoms with Crippen molar-refractivity contribution in [2.45, 2.75) is 0 Å². The highest BCUT2D eigenvalue weighted by atomic mass is 15.3. The number of amidine groups is 1. The van der Waals surface area contributed by atoms with Gasteiger partial charge in [-0.1, -0.05) is 6.58 Å². The van der Waals surface area contributed by atoms with E-state index in [1.165, 1.54) is 0 Å². The van der Waals surface area contributed by atoms with Crippen LogP contribution in [-0.2, 0) is 0 Å². The maximum Gasteiger partial charge on any atom is 0.146 e. The van der Waals surface area contributed by atoms with E-state index in [1.54, 1.807) is 0 Å². The molecule has 0 saturated carbocycles. The standard InChI is InChI=1S/C7H11N3/c1-6-7-9-3-5-10(7)4-2-8-6/h8H,1-5H2. The molecule has 2 aliphatic heterocycles. The minimum atomic E-state index is 0.941. The smallest absolute Gasteiger partial charge is 0.146 e. The molecule has 0 atom stereocenters. The van der Waals surface area contributed by atoms with Gasteiger partial charge in [0.15, 0.2) is 0 Å². The minimum absolute atomic E-state index is 0.941. The zero-order valence-corrected chi connectivity index (χ0v) is 5.93. The van der Waals surface area contributed by atoms with Crippen LogP contribution >= 0.6 is 0 Å². The third kappa shape index (κ3) is 0.701. The summed E-state index contributed by atoms with van der Waals surface area (Å²) in [6, 6.07) is 0. The zero-order valence-electron chi connectivity index (χ0n) is 5.93. The van der Waals surface area contributed by atoms with E-state index in [4.69, 9.17) is 0 Å². The van der Waals surface area contributed by atoms with Crippen molar-refractivity contribution in [2.24, 2.45) is 4.99 Å². The second-order valence-corrected chi connectivity index (χ2v) is 2.60. The second-order valence-electron chi connectivity index (χ2n) is 2.60. The summed E-state index contributed by atoms with van der Waals surface area (Å²) in [6.45, 7) is 7.99. The monoisotopic (exact) mass is 137 g/mol. The first kappa shape index (κ1) is 5.77. The van der Waals surface area contributed by atoms with Gasteiger partial charge in [-0.15, -0.1) is 0 Å².